The van der Waals surface area contributed by atoms with Crippen LogP contribution >= 0.6 is 11.8 Å². The Balaban J connectivity index is 1.36. The fraction of sp³-hybridized carbons (Fsp3) is 0.882. The second kappa shape index (κ2) is 8.94. The summed E-state index contributed by atoms with van der Waals surface area (Å²) in [7, 11) is 1.87. The molecule has 0 radical (unpaired) electrons. The third-order valence-corrected chi connectivity index (χ3v) is 6.13. The molecule has 1 amide bonds. The molecule has 2 aliphatic heterocycles. The van der Waals surface area contributed by atoms with Crippen molar-refractivity contribution in [1.82, 2.24) is 20.4 Å². The molecular formula is C17H31N5OS. The summed E-state index contributed by atoms with van der Waals surface area (Å²) in [4.78, 5) is 20.9. The van der Waals surface area contributed by atoms with Crippen molar-refractivity contribution in [3.8, 4) is 0 Å². The summed E-state index contributed by atoms with van der Waals surface area (Å²) in [5, 5.41) is 6.64. The number of guanidine groups is 1. The topological polar surface area (TPSA) is 60.0 Å². The lowest BCUT2D eigenvalue weighted by molar-refractivity contribution is -0.122. The molecule has 3 rings (SSSR count). The zero-order valence-electron chi connectivity index (χ0n) is 14.8. The van der Waals surface area contributed by atoms with Gasteiger partial charge in [0.25, 0.3) is 0 Å². The van der Waals surface area contributed by atoms with Gasteiger partial charge >= 0.3 is 0 Å². The molecule has 0 aromatic rings. The van der Waals surface area contributed by atoms with Crippen LogP contribution in [0.15, 0.2) is 4.99 Å². The minimum atomic E-state index is 0.184. The van der Waals surface area contributed by atoms with E-state index in [1.54, 1.807) is 0 Å². The van der Waals surface area contributed by atoms with Crippen LogP contribution in [0.1, 0.15) is 25.7 Å². The van der Waals surface area contributed by atoms with Gasteiger partial charge in [0.2, 0.25) is 5.91 Å². The Morgan fingerprint density at radius 3 is 2.46 bits per heavy atom. The molecule has 24 heavy (non-hydrogen) atoms. The molecule has 3 fully saturated rings. The highest BCUT2D eigenvalue weighted by Gasteiger charge is 2.26. The standard InChI is InChI=1S/C17H31N5OS/c1-18-17(19-12-14-4-10-24-11-5-14)22-8-6-21(7-9-22)13-16(23)20-15-2-3-15/h14-15H,2-13H2,1H3,(H,18,19)(H,20,23). The van der Waals surface area contributed by atoms with Gasteiger partial charge in [0, 0.05) is 45.8 Å². The van der Waals surface area contributed by atoms with Gasteiger partial charge in [-0.2, -0.15) is 11.8 Å². The van der Waals surface area contributed by atoms with Crippen LogP contribution in [-0.4, -0.2) is 85.5 Å². The number of hydrogen-bond donors (Lipinski definition) is 2. The van der Waals surface area contributed by atoms with Crippen LogP contribution in [0.2, 0.25) is 0 Å². The Morgan fingerprint density at radius 1 is 1.12 bits per heavy atom. The van der Waals surface area contributed by atoms with Crippen LogP contribution in [0, 0.1) is 5.92 Å². The molecule has 0 atom stereocenters. The smallest absolute Gasteiger partial charge is 0.234 e. The highest BCUT2D eigenvalue weighted by molar-refractivity contribution is 7.99. The summed E-state index contributed by atoms with van der Waals surface area (Å²) in [6, 6.07) is 0.458. The zero-order chi connectivity index (χ0) is 16.8. The molecule has 0 aromatic carbocycles. The molecular weight excluding hydrogens is 322 g/mol. The van der Waals surface area contributed by atoms with Gasteiger partial charge < -0.3 is 15.5 Å². The highest BCUT2D eigenvalue weighted by atomic mass is 32.2. The molecule has 0 unspecified atom stereocenters. The van der Waals surface area contributed by atoms with E-state index in [-0.39, 0.29) is 5.91 Å². The second-order valence-corrected chi connectivity index (χ2v) is 8.31. The van der Waals surface area contributed by atoms with Crippen molar-refractivity contribution in [3.05, 3.63) is 0 Å². The predicted molar refractivity (Wildman–Crippen MR) is 101 cm³/mol. The Hall–Kier alpha value is -0.950. The lowest BCUT2D eigenvalue weighted by atomic mass is 10.0. The minimum Gasteiger partial charge on any atom is -0.356 e. The summed E-state index contributed by atoms with van der Waals surface area (Å²) < 4.78 is 0. The predicted octanol–water partition coefficient (Wildman–Crippen LogP) is 0.601. The summed E-state index contributed by atoms with van der Waals surface area (Å²) in [5.41, 5.74) is 0. The molecule has 0 bridgehead atoms. The van der Waals surface area contributed by atoms with E-state index in [1.165, 1.54) is 24.3 Å². The number of hydrogen-bond acceptors (Lipinski definition) is 4. The summed E-state index contributed by atoms with van der Waals surface area (Å²) in [6.45, 7) is 5.32. The molecule has 3 aliphatic rings. The lowest BCUT2D eigenvalue weighted by Crippen LogP contribution is -2.54. The third-order valence-electron chi connectivity index (χ3n) is 5.08. The largest absolute Gasteiger partial charge is 0.356 e. The van der Waals surface area contributed by atoms with Crippen LogP contribution in [0.5, 0.6) is 0 Å². The molecule has 0 spiro atoms. The molecule has 0 aromatic heterocycles. The summed E-state index contributed by atoms with van der Waals surface area (Å²) in [6.07, 6.45) is 4.94. The molecule has 136 valence electrons. The number of aliphatic imine (C=N–C) groups is 1. The monoisotopic (exact) mass is 353 g/mol. The maximum atomic E-state index is 11.9. The minimum absolute atomic E-state index is 0.184. The number of amides is 1. The van der Waals surface area contributed by atoms with Crippen molar-refractivity contribution in [2.45, 2.75) is 31.7 Å². The molecule has 6 nitrogen and oxygen atoms in total. The third kappa shape index (κ3) is 5.55. The fourth-order valence-electron chi connectivity index (χ4n) is 3.34. The Labute approximate surface area is 149 Å². The fourth-order valence-corrected chi connectivity index (χ4v) is 4.54. The normalized spacial score (nSPS) is 24.0. The van der Waals surface area contributed by atoms with E-state index < -0.39 is 0 Å². The van der Waals surface area contributed by atoms with E-state index in [0.717, 1.165) is 57.4 Å². The molecule has 7 heteroatoms. The van der Waals surface area contributed by atoms with Crippen molar-refractivity contribution in [2.24, 2.45) is 10.9 Å². The van der Waals surface area contributed by atoms with Crippen LogP contribution < -0.4 is 10.6 Å². The van der Waals surface area contributed by atoms with Crippen molar-refractivity contribution >= 4 is 23.6 Å². The maximum absolute atomic E-state index is 11.9. The van der Waals surface area contributed by atoms with Crippen molar-refractivity contribution in [2.75, 3.05) is 57.8 Å². The first-order chi connectivity index (χ1) is 11.7. The van der Waals surface area contributed by atoms with E-state index in [2.05, 4.69) is 37.2 Å². The zero-order valence-corrected chi connectivity index (χ0v) is 15.6. The first kappa shape index (κ1) is 17.9. The number of thioether (sulfide) groups is 1. The van der Waals surface area contributed by atoms with Crippen LogP contribution in [0.25, 0.3) is 0 Å². The van der Waals surface area contributed by atoms with E-state index in [1.807, 2.05) is 7.05 Å². The Kier molecular flexibility index (Phi) is 6.66. The van der Waals surface area contributed by atoms with E-state index in [4.69, 9.17) is 0 Å². The Morgan fingerprint density at radius 2 is 1.83 bits per heavy atom. The molecule has 1 aliphatic carbocycles. The van der Waals surface area contributed by atoms with Crippen LogP contribution in [0.3, 0.4) is 0 Å². The van der Waals surface area contributed by atoms with Gasteiger partial charge in [-0.15, -0.1) is 0 Å². The number of piperazine rings is 1. The van der Waals surface area contributed by atoms with Gasteiger partial charge in [0.15, 0.2) is 5.96 Å². The van der Waals surface area contributed by atoms with Gasteiger partial charge in [-0.1, -0.05) is 0 Å². The van der Waals surface area contributed by atoms with Gasteiger partial charge in [-0.25, -0.2) is 0 Å². The highest BCUT2D eigenvalue weighted by Crippen LogP contribution is 2.22. The number of nitrogens with zero attached hydrogens (tertiary/aromatic N) is 3. The van der Waals surface area contributed by atoms with Crippen molar-refractivity contribution < 1.29 is 4.79 Å². The quantitative estimate of drug-likeness (QED) is 0.560. The number of rotatable bonds is 5. The average molecular weight is 354 g/mol. The van der Waals surface area contributed by atoms with Crippen LogP contribution in [-0.2, 0) is 4.79 Å². The van der Waals surface area contributed by atoms with E-state index in [0.29, 0.717) is 12.6 Å². The van der Waals surface area contributed by atoms with Crippen molar-refractivity contribution in [1.29, 1.82) is 0 Å². The van der Waals surface area contributed by atoms with Crippen LogP contribution in [0.4, 0.5) is 0 Å². The lowest BCUT2D eigenvalue weighted by Gasteiger charge is -2.36. The maximum Gasteiger partial charge on any atom is 0.234 e. The molecule has 2 saturated heterocycles. The average Bonchev–Trinajstić information content (AvgIpc) is 3.41. The van der Waals surface area contributed by atoms with Gasteiger partial charge in [0.1, 0.15) is 0 Å². The van der Waals surface area contributed by atoms with E-state index >= 15 is 0 Å². The van der Waals surface area contributed by atoms with Crippen molar-refractivity contribution in [3.63, 3.8) is 0 Å². The number of nitrogens with one attached hydrogen (secondary N) is 2. The summed E-state index contributed by atoms with van der Waals surface area (Å²) in [5.74, 6) is 4.59. The molecule has 1 saturated carbocycles. The molecule has 2 heterocycles. The first-order valence-corrected chi connectivity index (χ1v) is 10.4. The SMILES string of the molecule is CN=C(NCC1CCSCC1)N1CCN(CC(=O)NC2CC2)CC1. The van der Waals surface area contributed by atoms with Gasteiger partial charge in [-0.3, -0.25) is 14.7 Å². The molecule has 2 N–H and O–H groups in total. The second-order valence-electron chi connectivity index (χ2n) is 7.09. The Bertz CT molecular complexity index is 440. The first-order valence-electron chi connectivity index (χ1n) is 9.29. The number of carbonyl (C=O) groups excluding carboxylic acids is 1. The number of carbonyl (C=O) groups is 1. The van der Waals surface area contributed by atoms with Gasteiger partial charge in [-0.05, 0) is 43.1 Å². The van der Waals surface area contributed by atoms with E-state index in [9.17, 15) is 4.79 Å². The summed E-state index contributed by atoms with van der Waals surface area (Å²) >= 11 is 2.07. The van der Waals surface area contributed by atoms with Gasteiger partial charge in [0.05, 0.1) is 6.54 Å².